The van der Waals surface area contributed by atoms with Gasteiger partial charge in [0.2, 0.25) is 0 Å². The zero-order valence-electron chi connectivity index (χ0n) is 6.91. The Morgan fingerprint density at radius 2 is 2.00 bits per heavy atom. The van der Waals surface area contributed by atoms with Crippen LogP contribution in [0.5, 0.6) is 0 Å². The van der Waals surface area contributed by atoms with Crippen LogP contribution in [-0.2, 0) is 21.3 Å². The molecule has 0 N–H and O–H groups in total. The summed E-state index contributed by atoms with van der Waals surface area (Å²) in [5.74, 6) is 0.480. The number of aromatic nitrogens is 2. The van der Waals surface area contributed by atoms with Crippen LogP contribution >= 0.6 is 11.6 Å². The maximum Gasteiger partial charge on any atom is 0.160 e. The van der Waals surface area contributed by atoms with Gasteiger partial charge in [-0.3, -0.25) is 0 Å². The largest absolute Gasteiger partial charge is 0.237 e. The van der Waals surface area contributed by atoms with Gasteiger partial charge in [0.05, 0.1) is 17.2 Å². The highest BCUT2D eigenvalue weighted by atomic mass is 35.5. The first-order chi connectivity index (χ1) is 5.98. The quantitative estimate of drug-likeness (QED) is 0.607. The number of halogens is 1. The van der Waals surface area contributed by atoms with E-state index in [1.165, 1.54) is 0 Å². The Labute approximate surface area is 80.9 Å². The molecule has 0 aromatic carbocycles. The highest BCUT2D eigenvalue weighted by Gasteiger charge is 2.28. The summed E-state index contributed by atoms with van der Waals surface area (Å²) in [6, 6.07) is 0. The van der Waals surface area contributed by atoms with Gasteiger partial charge in [-0.05, 0) is 6.92 Å². The van der Waals surface area contributed by atoms with Gasteiger partial charge in [0.15, 0.2) is 9.84 Å². The molecule has 0 spiro atoms. The molecule has 0 radical (unpaired) electrons. The maximum absolute atomic E-state index is 11.2. The molecular weight excluding hydrogens is 212 g/mol. The summed E-state index contributed by atoms with van der Waals surface area (Å²) in [5.41, 5.74) is 1.12. The molecule has 0 bridgehead atoms. The van der Waals surface area contributed by atoms with E-state index in [0.29, 0.717) is 17.1 Å². The minimum atomic E-state index is -3.03. The van der Waals surface area contributed by atoms with Crippen LogP contribution in [0.1, 0.15) is 17.1 Å². The van der Waals surface area contributed by atoms with Crippen molar-refractivity contribution in [1.29, 1.82) is 0 Å². The lowest BCUT2D eigenvalue weighted by Crippen LogP contribution is -1.96. The molecule has 4 nitrogen and oxygen atoms in total. The molecule has 2 rings (SSSR count). The van der Waals surface area contributed by atoms with E-state index >= 15 is 0 Å². The molecule has 70 valence electrons. The smallest absolute Gasteiger partial charge is 0.160 e. The minimum absolute atomic E-state index is 0.00852. The fraction of sp³-hybridized carbons (Fsp3) is 0.429. The van der Waals surface area contributed by atoms with Crippen molar-refractivity contribution >= 4 is 21.4 Å². The van der Waals surface area contributed by atoms with E-state index in [9.17, 15) is 8.42 Å². The highest BCUT2D eigenvalue weighted by Crippen LogP contribution is 2.28. The number of hydrogen-bond donors (Lipinski definition) is 0. The van der Waals surface area contributed by atoms with E-state index in [2.05, 4.69) is 9.97 Å². The van der Waals surface area contributed by atoms with Crippen LogP contribution in [0.25, 0.3) is 0 Å². The second-order valence-electron chi connectivity index (χ2n) is 3.02. The van der Waals surface area contributed by atoms with Crippen LogP contribution in [0.15, 0.2) is 0 Å². The van der Waals surface area contributed by atoms with E-state index in [-0.39, 0.29) is 16.7 Å². The Morgan fingerprint density at radius 3 is 2.69 bits per heavy atom. The normalized spacial score (nSPS) is 18.6. The third kappa shape index (κ3) is 1.53. The van der Waals surface area contributed by atoms with Gasteiger partial charge in [0.25, 0.3) is 0 Å². The standard InChI is InChI=1S/C7H7ClN2O2S/c1-4-9-6-3-13(11,12)2-5(6)7(8)10-4/h2-3H2,1H3. The second-order valence-corrected chi connectivity index (χ2v) is 5.44. The molecule has 0 saturated carbocycles. The van der Waals surface area contributed by atoms with Crippen LogP contribution in [0, 0.1) is 6.92 Å². The van der Waals surface area contributed by atoms with Gasteiger partial charge >= 0.3 is 0 Å². The van der Waals surface area contributed by atoms with E-state index in [1.54, 1.807) is 6.92 Å². The summed E-state index contributed by atoms with van der Waals surface area (Å²) in [6.07, 6.45) is 0. The molecule has 0 atom stereocenters. The predicted molar refractivity (Wildman–Crippen MR) is 48.1 cm³/mol. The summed E-state index contributed by atoms with van der Waals surface area (Å²) in [7, 11) is -3.03. The number of fused-ring (bicyclic) bond motifs is 1. The van der Waals surface area contributed by atoms with Crippen molar-refractivity contribution in [2.45, 2.75) is 18.4 Å². The predicted octanol–water partition coefficient (Wildman–Crippen LogP) is 0.867. The summed E-state index contributed by atoms with van der Waals surface area (Å²) in [5, 5.41) is 0.267. The van der Waals surface area contributed by atoms with Gasteiger partial charge in [-0.15, -0.1) is 0 Å². The molecule has 1 aromatic rings. The lowest BCUT2D eigenvalue weighted by atomic mass is 10.3. The summed E-state index contributed by atoms with van der Waals surface area (Å²) in [4.78, 5) is 7.94. The van der Waals surface area contributed by atoms with E-state index < -0.39 is 9.84 Å². The average molecular weight is 219 g/mol. The van der Waals surface area contributed by atoms with Crippen molar-refractivity contribution in [1.82, 2.24) is 9.97 Å². The summed E-state index contributed by atoms with van der Waals surface area (Å²) >= 11 is 5.79. The summed E-state index contributed by atoms with van der Waals surface area (Å²) in [6.45, 7) is 1.69. The van der Waals surface area contributed by atoms with Crippen molar-refractivity contribution in [2.75, 3.05) is 0 Å². The first-order valence-corrected chi connectivity index (χ1v) is 5.90. The lowest BCUT2D eigenvalue weighted by molar-refractivity contribution is 0.597. The van der Waals surface area contributed by atoms with E-state index in [0.717, 1.165) is 0 Å². The Balaban J connectivity index is 2.64. The van der Waals surface area contributed by atoms with Crippen molar-refractivity contribution in [3.05, 3.63) is 22.2 Å². The molecule has 6 heteroatoms. The van der Waals surface area contributed by atoms with Crippen LogP contribution in [0.4, 0.5) is 0 Å². The number of sulfone groups is 1. The molecule has 13 heavy (non-hydrogen) atoms. The zero-order valence-corrected chi connectivity index (χ0v) is 8.48. The molecule has 1 aliphatic rings. The monoisotopic (exact) mass is 218 g/mol. The molecule has 0 saturated heterocycles. The third-order valence-electron chi connectivity index (χ3n) is 1.87. The average Bonchev–Trinajstić information content (AvgIpc) is 2.23. The van der Waals surface area contributed by atoms with Crippen molar-refractivity contribution in [3.8, 4) is 0 Å². The SMILES string of the molecule is Cc1nc(Cl)c2c(n1)CS(=O)(=O)C2. The van der Waals surface area contributed by atoms with Gasteiger partial charge in [-0.2, -0.15) is 0 Å². The Kier molecular flexibility index (Phi) is 1.82. The van der Waals surface area contributed by atoms with Crippen LogP contribution < -0.4 is 0 Å². The van der Waals surface area contributed by atoms with Crippen molar-refractivity contribution in [3.63, 3.8) is 0 Å². The third-order valence-corrected chi connectivity index (χ3v) is 3.63. The van der Waals surface area contributed by atoms with Gasteiger partial charge < -0.3 is 0 Å². The first kappa shape index (κ1) is 8.90. The topological polar surface area (TPSA) is 59.9 Å². The zero-order chi connectivity index (χ0) is 9.64. The Morgan fingerprint density at radius 1 is 1.31 bits per heavy atom. The molecule has 0 unspecified atom stereocenters. The molecular formula is C7H7ClN2O2S. The molecule has 2 heterocycles. The van der Waals surface area contributed by atoms with Crippen molar-refractivity contribution in [2.24, 2.45) is 0 Å². The van der Waals surface area contributed by atoms with Gasteiger partial charge in [-0.1, -0.05) is 11.6 Å². The van der Waals surface area contributed by atoms with Gasteiger partial charge in [0.1, 0.15) is 11.0 Å². The molecule has 0 aliphatic carbocycles. The Hall–Kier alpha value is -0.680. The maximum atomic E-state index is 11.2. The lowest BCUT2D eigenvalue weighted by Gasteiger charge is -1.99. The minimum Gasteiger partial charge on any atom is -0.237 e. The van der Waals surface area contributed by atoms with Gasteiger partial charge in [-0.25, -0.2) is 18.4 Å². The molecule has 0 fully saturated rings. The number of aryl methyl sites for hydroxylation is 1. The fourth-order valence-electron chi connectivity index (χ4n) is 1.36. The number of rotatable bonds is 0. The van der Waals surface area contributed by atoms with Crippen LogP contribution in [-0.4, -0.2) is 18.4 Å². The second kappa shape index (κ2) is 2.65. The summed E-state index contributed by atoms with van der Waals surface area (Å²) < 4.78 is 22.4. The number of hydrogen-bond acceptors (Lipinski definition) is 4. The van der Waals surface area contributed by atoms with Crippen LogP contribution in [0.3, 0.4) is 0 Å². The van der Waals surface area contributed by atoms with E-state index in [4.69, 9.17) is 11.6 Å². The molecule has 0 amide bonds. The fourth-order valence-corrected chi connectivity index (χ4v) is 3.24. The van der Waals surface area contributed by atoms with Crippen LogP contribution in [0.2, 0.25) is 5.15 Å². The Bertz CT molecular complexity index is 470. The van der Waals surface area contributed by atoms with Gasteiger partial charge in [0, 0.05) is 5.56 Å². The van der Waals surface area contributed by atoms with E-state index in [1.807, 2.05) is 0 Å². The van der Waals surface area contributed by atoms with Crippen molar-refractivity contribution < 1.29 is 8.42 Å². The highest BCUT2D eigenvalue weighted by molar-refractivity contribution is 7.90. The molecule has 1 aliphatic heterocycles. The first-order valence-electron chi connectivity index (χ1n) is 3.70. The molecule has 1 aromatic heterocycles. The number of nitrogens with zero attached hydrogens (tertiary/aromatic N) is 2.